The Bertz CT molecular complexity index is 1000. The first-order valence-corrected chi connectivity index (χ1v) is 9.94. The molecule has 0 radical (unpaired) electrons. The van der Waals surface area contributed by atoms with Gasteiger partial charge in [0.25, 0.3) is 5.91 Å². The number of carboxylic acid groups (broad SMARTS) is 1. The Hall–Kier alpha value is -2.10. The number of halogens is 2. The van der Waals surface area contributed by atoms with Gasteiger partial charge in [-0.05, 0) is 70.2 Å². The fourth-order valence-electron chi connectivity index (χ4n) is 2.28. The topological polar surface area (TPSA) is 90.2 Å². The van der Waals surface area contributed by atoms with Crippen molar-refractivity contribution in [3.8, 4) is 5.75 Å². The molecule has 0 spiro atoms. The summed E-state index contributed by atoms with van der Waals surface area (Å²) in [6, 6.07) is 9.48. The number of aliphatic imine (C=N–C) groups is 1. The van der Waals surface area contributed by atoms with Crippen LogP contribution in [0.5, 0.6) is 5.75 Å². The fraction of sp³-hybridized carbons (Fsp3) is 0.0556. The molecule has 27 heavy (non-hydrogen) atoms. The lowest BCUT2D eigenvalue weighted by Crippen LogP contribution is -2.23. The van der Waals surface area contributed by atoms with Crippen LogP contribution in [0, 0.1) is 0 Å². The van der Waals surface area contributed by atoms with Crippen molar-refractivity contribution in [2.75, 3.05) is 7.05 Å². The van der Waals surface area contributed by atoms with Crippen molar-refractivity contribution in [2.24, 2.45) is 4.99 Å². The average molecular weight is 512 g/mol. The maximum absolute atomic E-state index is 12.5. The highest BCUT2D eigenvalue weighted by Crippen LogP contribution is 2.37. The number of benzene rings is 2. The third-order valence-electron chi connectivity index (χ3n) is 3.69. The second kappa shape index (κ2) is 7.87. The predicted molar refractivity (Wildman–Crippen MR) is 112 cm³/mol. The van der Waals surface area contributed by atoms with Gasteiger partial charge in [-0.25, -0.2) is 9.79 Å². The fourth-order valence-corrected chi connectivity index (χ4v) is 4.51. The van der Waals surface area contributed by atoms with Gasteiger partial charge in [-0.1, -0.05) is 15.9 Å². The lowest BCUT2D eigenvalue weighted by Gasteiger charge is -2.07. The number of phenols is 1. The largest absolute Gasteiger partial charge is 0.506 e. The van der Waals surface area contributed by atoms with Crippen molar-refractivity contribution in [2.45, 2.75) is 0 Å². The first-order valence-electron chi connectivity index (χ1n) is 7.54. The number of amidine groups is 1. The van der Waals surface area contributed by atoms with E-state index in [1.54, 1.807) is 37.4 Å². The van der Waals surface area contributed by atoms with E-state index in [9.17, 15) is 14.7 Å². The summed E-state index contributed by atoms with van der Waals surface area (Å²) < 4.78 is 1.27. The van der Waals surface area contributed by atoms with Crippen molar-refractivity contribution in [1.82, 2.24) is 4.90 Å². The second-order valence-corrected chi connectivity index (χ2v) is 8.33. The minimum absolute atomic E-state index is 0.0383. The molecule has 1 saturated heterocycles. The minimum atomic E-state index is -1.01. The molecule has 2 aromatic rings. The van der Waals surface area contributed by atoms with Crippen molar-refractivity contribution in [3.63, 3.8) is 0 Å². The maximum Gasteiger partial charge on any atom is 0.335 e. The normalized spacial score (nSPS) is 17.1. The van der Waals surface area contributed by atoms with Crippen LogP contribution in [0.2, 0.25) is 0 Å². The standard InChI is InChI=1S/C18H12Br2N2O4S/c1-22-16(24)14(7-10-6-11(19)8-13(20)15(10)23)27-18(22)21-12-4-2-9(3-5-12)17(25)26/h2-8,23H,1H3,(H,25,26)/b14-7-,21-18?. The molecule has 2 N–H and O–H groups in total. The lowest BCUT2D eigenvalue weighted by atomic mass is 10.2. The molecule has 6 nitrogen and oxygen atoms in total. The summed E-state index contributed by atoms with van der Waals surface area (Å²) in [5.74, 6) is -1.21. The van der Waals surface area contributed by atoms with E-state index in [1.165, 1.54) is 28.8 Å². The number of amides is 1. The van der Waals surface area contributed by atoms with Gasteiger partial charge in [0.2, 0.25) is 0 Å². The van der Waals surface area contributed by atoms with E-state index in [2.05, 4.69) is 36.9 Å². The Kier molecular flexibility index (Phi) is 5.73. The summed E-state index contributed by atoms with van der Waals surface area (Å²) in [6.07, 6.45) is 1.60. The zero-order valence-corrected chi connectivity index (χ0v) is 17.8. The third kappa shape index (κ3) is 4.26. The van der Waals surface area contributed by atoms with E-state index in [1.807, 2.05) is 0 Å². The molecule has 9 heteroatoms. The van der Waals surface area contributed by atoms with Crippen molar-refractivity contribution in [3.05, 3.63) is 61.4 Å². The average Bonchev–Trinajstić information content (AvgIpc) is 2.87. The van der Waals surface area contributed by atoms with Gasteiger partial charge in [-0.15, -0.1) is 0 Å². The number of phenolic OH excluding ortho intramolecular Hbond substituents is 1. The molecule has 3 rings (SSSR count). The number of carbonyl (C=O) groups is 2. The van der Waals surface area contributed by atoms with Crippen LogP contribution in [0.4, 0.5) is 5.69 Å². The monoisotopic (exact) mass is 510 g/mol. The summed E-state index contributed by atoms with van der Waals surface area (Å²) in [5.41, 5.74) is 1.20. The van der Waals surface area contributed by atoms with Gasteiger partial charge in [0.05, 0.1) is 20.6 Å². The Morgan fingerprint density at radius 1 is 1.22 bits per heavy atom. The zero-order chi connectivity index (χ0) is 19.7. The minimum Gasteiger partial charge on any atom is -0.506 e. The molecule has 0 saturated carbocycles. The number of carbonyl (C=O) groups excluding carboxylic acids is 1. The number of likely N-dealkylation sites (N-methyl/N-ethyl adjacent to an activating group) is 1. The molecular formula is C18H12Br2N2O4S. The quantitative estimate of drug-likeness (QED) is 0.575. The van der Waals surface area contributed by atoms with Gasteiger partial charge < -0.3 is 10.2 Å². The molecular weight excluding hydrogens is 500 g/mol. The highest BCUT2D eigenvalue weighted by molar-refractivity contribution is 9.11. The summed E-state index contributed by atoms with van der Waals surface area (Å²) in [6.45, 7) is 0. The molecule has 0 aliphatic carbocycles. The number of carboxylic acids is 1. The van der Waals surface area contributed by atoms with Gasteiger partial charge in [-0.2, -0.15) is 0 Å². The smallest absolute Gasteiger partial charge is 0.335 e. The first-order chi connectivity index (χ1) is 12.8. The molecule has 2 aromatic carbocycles. The summed E-state index contributed by atoms with van der Waals surface area (Å²) in [5, 5.41) is 19.6. The molecule has 0 unspecified atom stereocenters. The summed E-state index contributed by atoms with van der Waals surface area (Å²) in [7, 11) is 1.61. The molecule has 1 heterocycles. The molecule has 1 aliphatic heterocycles. The number of hydrogen-bond acceptors (Lipinski definition) is 5. The Morgan fingerprint density at radius 3 is 2.52 bits per heavy atom. The van der Waals surface area contributed by atoms with Gasteiger partial charge in [0.1, 0.15) is 5.75 Å². The van der Waals surface area contributed by atoms with Crippen molar-refractivity contribution in [1.29, 1.82) is 0 Å². The zero-order valence-electron chi connectivity index (χ0n) is 13.8. The summed E-state index contributed by atoms with van der Waals surface area (Å²) >= 11 is 7.80. The number of thioether (sulfide) groups is 1. The van der Waals surface area contributed by atoms with E-state index < -0.39 is 5.97 Å². The SMILES string of the molecule is CN1C(=O)/C(=C/c2cc(Br)cc(Br)c2O)SC1=Nc1ccc(C(=O)O)cc1. The van der Waals surface area contributed by atoms with E-state index in [-0.39, 0.29) is 17.2 Å². The van der Waals surface area contributed by atoms with E-state index >= 15 is 0 Å². The van der Waals surface area contributed by atoms with Gasteiger partial charge in [-0.3, -0.25) is 9.69 Å². The highest BCUT2D eigenvalue weighted by atomic mass is 79.9. The van der Waals surface area contributed by atoms with Crippen LogP contribution in [0.25, 0.3) is 6.08 Å². The molecule has 1 fully saturated rings. The molecule has 1 aliphatic rings. The number of rotatable bonds is 3. The second-order valence-electron chi connectivity index (χ2n) is 5.55. The number of nitrogens with zero attached hydrogens (tertiary/aromatic N) is 2. The molecule has 1 amide bonds. The lowest BCUT2D eigenvalue weighted by molar-refractivity contribution is -0.121. The number of aromatic carboxylic acids is 1. The predicted octanol–water partition coefficient (Wildman–Crippen LogP) is 4.85. The van der Waals surface area contributed by atoms with Crippen LogP contribution in [0.1, 0.15) is 15.9 Å². The van der Waals surface area contributed by atoms with Crippen LogP contribution in [-0.2, 0) is 4.79 Å². The van der Waals surface area contributed by atoms with E-state index in [0.717, 1.165) is 4.47 Å². The van der Waals surface area contributed by atoms with Crippen LogP contribution in [0.15, 0.2) is 55.2 Å². The summed E-state index contributed by atoms with van der Waals surface area (Å²) in [4.78, 5) is 29.7. The first kappa shape index (κ1) is 19.7. The van der Waals surface area contributed by atoms with Gasteiger partial charge >= 0.3 is 5.97 Å². The van der Waals surface area contributed by atoms with Gasteiger partial charge in [0.15, 0.2) is 5.17 Å². The molecule has 0 aromatic heterocycles. The van der Waals surface area contributed by atoms with Crippen LogP contribution in [0.3, 0.4) is 0 Å². The number of hydrogen-bond donors (Lipinski definition) is 2. The van der Waals surface area contributed by atoms with Crippen molar-refractivity contribution < 1.29 is 19.8 Å². The number of aromatic hydroxyl groups is 1. The molecule has 138 valence electrons. The Balaban J connectivity index is 1.92. The Morgan fingerprint density at radius 2 is 1.89 bits per heavy atom. The highest BCUT2D eigenvalue weighted by Gasteiger charge is 2.30. The van der Waals surface area contributed by atoms with Crippen LogP contribution in [-0.4, -0.2) is 39.2 Å². The Labute approximate surface area is 175 Å². The third-order valence-corrected chi connectivity index (χ3v) is 5.81. The van der Waals surface area contributed by atoms with Crippen LogP contribution >= 0.6 is 43.6 Å². The maximum atomic E-state index is 12.5. The van der Waals surface area contributed by atoms with E-state index in [0.29, 0.717) is 25.8 Å². The van der Waals surface area contributed by atoms with Gasteiger partial charge in [0, 0.05) is 17.1 Å². The molecule has 0 atom stereocenters. The van der Waals surface area contributed by atoms with Crippen molar-refractivity contribution >= 4 is 72.4 Å². The molecule has 0 bridgehead atoms. The van der Waals surface area contributed by atoms with Crippen LogP contribution < -0.4 is 0 Å². The van der Waals surface area contributed by atoms with E-state index in [4.69, 9.17) is 5.11 Å².